The van der Waals surface area contributed by atoms with Gasteiger partial charge in [-0.2, -0.15) is 9.94 Å². The molecule has 3 rings (SSSR count). The van der Waals surface area contributed by atoms with E-state index >= 15 is 0 Å². The number of halogens is 1. The Balaban J connectivity index is 1.92. The summed E-state index contributed by atoms with van der Waals surface area (Å²) in [7, 11) is 0. The Labute approximate surface area is 117 Å². The van der Waals surface area contributed by atoms with Crippen molar-refractivity contribution in [3.8, 4) is 17.7 Å². The zero-order valence-electron chi connectivity index (χ0n) is 10.6. The summed E-state index contributed by atoms with van der Waals surface area (Å²) in [5.74, 6) is -0.959. The van der Waals surface area contributed by atoms with Crippen molar-refractivity contribution in [3.05, 3.63) is 64.1 Å². The molecule has 104 valence electrons. The minimum absolute atomic E-state index is 0.0269. The second-order valence-electron chi connectivity index (χ2n) is 4.23. The molecule has 21 heavy (non-hydrogen) atoms. The van der Waals surface area contributed by atoms with Crippen molar-refractivity contribution in [2.75, 3.05) is 0 Å². The van der Waals surface area contributed by atoms with Crippen LogP contribution in [0, 0.1) is 17.1 Å². The van der Waals surface area contributed by atoms with E-state index in [1.54, 1.807) is 12.1 Å². The van der Waals surface area contributed by atoms with Gasteiger partial charge in [-0.15, -0.1) is 5.10 Å². The van der Waals surface area contributed by atoms with Crippen LogP contribution in [-0.4, -0.2) is 9.78 Å². The van der Waals surface area contributed by atoms with Gasteiger partial charge in [0.15, 0.2) is 5.76 Å². The molecule has 7 heteroatoms. The first-order valence-electron chi connectivity index (χ1n) is 5.98. The van der Waals surface area contributed by atoms with Gasteiger partial charge in [0.25, 0.3) is 5.89 Å². The lowest BCUT2D eigenvalue weighted by Crippen LogP contribution is -2.17. The quantitative estimate of drug-likeness (QED) is 0.736. The Morgan fingerprint density at radius 1 is 1.38 bits per heavy atom. The molecule has 0 aliphatic rings. The van der Waals surface area contributed by atoms with Crippen LogP contribution in [0.15, 0.2) is 50.2 Å². The standard InChI is InChI=1S/C14H8FN3O3/c15-11-6-9(7-16)3-4-10(11)8-18-14(19)21-13(17-18)12-2-1-5-20-12/h1-6H,8H2. The van der Waals surface area contributed by atoms with Crippen LogP contribution >= 0.6 is 0 Å². The fourth-order valence-electron chi connectivity index (χ4n) is 1.81. The van der Waals surface area contributed by atoms with Crippen LogP contribution in [0.5, 0.6) is 0 Å². The maximum Gasteiger partial charge on any atom is 0.437 e. The third-order valence-corrected chi connectivity index (χ3v) is 2.84. The van der Waals surface area contributed by atoms with E-state index in [1.165, 1.54) is 18.4 Å². The molecule has 0 aliphatic carbocycles. The largest absolute Gasteiger partial charge is 0.459 e. The van der Waals surface area contributed by atoms with E-state index in [0.29, 0.717) is 5.76 Å². The van der Waals surface area contributed by atoms with Gasteiger partial charge >= 0.3 is 5.76 Å². The topological polar surface area (TPSA) is 85.0 Å². The van der Waals surface area contributed by atoms with Gasteiger partial charge in [-0.3, -0.25) is 0 Å². The average Bonchev–Trinajstić information content (AvgIpc) is 3.11. The van der Waals surface area contributed by atoms with Crippen LogP contribution in [0.1, 0.15) is 11.1 Å². The number of benzene rings is 1. The van der Waals surface area contributed by atoms with Crippen LogP contribution < -0.4 is 5.76 Å². The Kier molecular flexibility index (Phi) is 3.12. The third-order valence-electron chi connectivity index (χ3n) is 2.84. The van der Waals surface area contributed by atoms with E-state index in [1.807, 2.05) is 6.07 Å². The molecule has 0 saturated heterocycles. The number of hydrogen-bond acceptors (Lipinski definition) is 5. The van der Waals surface area contributed by atoms with E-state index in [0.717, 1.165) is 10.7 Å². The first-order valence-corrected chi connectivity index (χ1v) is 5.98. The molecule has 0 unspecified atom stereocenters. The molecule has 3 aromatic rings. The molecule has 6 nitrogen and oxygen atoms in total. The molecular formula is C14H8FN3O3. The molecule has 0 atom stereocenters. The Bertz CT molecular complexity index is 872. The average molecular weight is 285 g/mol. The van der Waals surface area contributed by atoms with Crippen LogP contribution in [-0.2, 0) is 6.54 Å². The van der Waals surface area contributed by atoms with Gasteiger partial charge in [0.05, 0.1) is 24.4 Å². The fourth-order valence-corrected chi connectivity index (χ4v) is 1.81. The van der Waals surface area contributed by atoms with Crippen molar-refractivity contribution < 1.29 is 13.2 Å². The monoisotopic (exact) mass is 285 g/mol. The van der Waals surface area contributed by atoms with Gasteiger partial charge in [-0.05, 0) is 24.3 Å². The van der Waals surface area contributed by atoms with Gasteiger partial charge in [-0.25, -0.2) is 9.18 Å². The second kappa shape index (κ2) is 5.09. The van der Waals surface area contributed by atoms with Crippen LogP contribution in [0.25, 0.3) is 11.7 Å². The Hall–Kier alpha value is -3.14. The summed E-state index contributed by atoms with van der Waals surface area (Å²) in [6, 6.07) is 9.07. The maximum atomic E-state index is 13.8. The van der Waals surface area contributed by atoms with Crippen molar-refractivity contribution in [2.45, 2.75) is 6.54 Å². The lowest BCUT2D eigenvalue weighted by Gasteiger charge is -2.01. The predicted octanol–water partition coefficient (Wildman–Crippen LogP) is 2.16. The van der Waals surface area contributed by atoms with Gasteiger partial charge < -0.3 is 8.83 Å². The van der Waals surface area contributed by atoms with Crippen molar-refractivity contribution in [3.63, 3.8) is 0 Å². The molecule has 0 bridgehead atoms. The summed E-state index contributed by atoms with van der Waals surface area (Å²) in [5.41, 5.74) is 0.440. The zero-order valence-corrected chi connectivity index (χ0v) is 10.6. The zero-order chi connectivity index (χ0) is 14.8. The van der Waals surface area contributed by atoms with E-state index in [9.17, 15) is 9.18 Å². The summed E-state index contributed by atoms with van der Waals surface area (Å²) in [4.78, 5) is 11.7. The number of furan rings is 1. The molecule has 1 aromatic carbocycles. The summed E-state index contributed by atoms with van der Waals surface area (Å²) in [6.45, 7) is -0.0966. The normalized spacial score (nSPS) is 10.5. The number of rotatable bonds is 3. The lowest BCUT2D eigenvalue weighted by atomic mass is 10.1. The lowest BCUT2D eigenvalue weighted by molar-refractivity contribution is 0.474. The molecule has 0 amide bonds. The molecule has 0 saturated carbocycles. The van der Waals surface area contributed by atoms with E-state index in [2.05, 4.69) is 5.10 Å². The van der Waals surface area contributed by atoms with Gasteiger partial charge in [-0.1, -0.05) is 6.07 Å². The summed E-state index contributed by atoms with van der Waals surface area (Å²) < 4.78 is 24.8. The summed E-state index contributed by atoms with van der Waals surface area (Å²) >= 11 is 0. The molecule has 0 aliphatic heterocycles. The highest BCUT2D eigenvalue weighted by molar-refractivity contribution is 5.42. The van der Waals surface area contributed by atoms with Crippen molar-refractivity contribution in [1.82, 2.24) is 9.78 Å². The highest BCUT2D eigenvalue weighted by Crippen LogP contribution is 2.16. The predicted molar refractivity (Wildman–Crippen MR) is 68.7 cm³/mol. The molecule has 0 radical (unpaired) electrons. The van der Waals surface area contributed by atoms with Gasteiger partial charge in [0.1, 0.15) is 5.82 Å². The minimum atomic E-state index is -0.717. The molecule has 0 N–H and O–H groups in total. The number of aromatic nitrogens is 2. The second-order valence-corrected chi connectivity index (χ2v) is 4.23. The highest BCUT2D eigenvalue weighted by atomic mass is 19.1. The number of nitrogens with zero attached hydrogens (tertiary/aromatic N) is 3. The molecule has 0 fully saturated rings. The van der Waals surface area contributed by atoms with Gasteiger partial charge in [0, 0.05) is 5.56 Å². The van der Waals surface area contributed by atoms with E-state index < -0.39 is 11.6 Å². The van der Waals surface area contributed by atoms with Crippen LogP contribution in [0.2, 0.25) is 0 Å². The van der Waals surface area contributed by atoms with E-state index in [-0.39, 0.29) is 23.6 Å². The fraction of sp³-hybridized carbons (Fsp3) is 0.0714. The molecule has 2 heterocycles. The smallest absolute Gasteiger partial charge is 0.437 e. The highest BCUT2D eigenvalue weighted by Gasteiger charge is 2.14. The number of nitriles is 1. The van der Waals surface area contributed by atoms with Crippen LogP contribution in [0.3, 0.4) is 0 Å². The molecule has 2 aromatic heterocycles. The summed E-state index contributed by atoms with van der Waals surface area (Å²) in [6.07, 6.45) is 1.43. The van der Waals surface area contributed by atoms with Gasteiger partial charge in [0.2, 0.25) is 0 Å². The first-order chi connectivity index (χ1) is 10.2. The van der Waals surface area contributed by atoms with Crippen LogP contribution in [0.4, 0.5) is 4.39 Å². The molecular weight excluding hydrogens is 277 g/mol. The Morgan fingerprint density at radius 3 is 2.90 bits per heavy atom. The van der Waals surface area contributed by atoms with Crippen molar-refractivity contribution in [1.29, 1.82) is 5.26 Å². The molecule has 0 spiro atoms. The van der Waals surface area contributed by atoms with E-state index in [4.69, 9.17) is 14.1 Å². The minimum Gasteiger partial charge on any atom is -0.459 e. The Morgan fingerprint density at radius 2 is 2.24 bits per heavy atom. The first kappa shape index (κ1) is 12.9. The van der Waals surface area contributed by atoms with Crippen molar-refractivity contribution in [2.24, 2.45) is 0 Å². The third kappa shape index (κ3) is 2.47. The number of hydrogen-bond donors (Lipinski definition) is 0. The summed E-state index contributed by atoms with van der Waals surface area (Å²) in [5, 5.41) is 12.6. The maximum absolute atomic E-state index is 13.8. The van der Waals surface area contributed by atoms with Crippen molar-refractivity contribution >= 4 is 0 Å². The SMILES string of the molecule is N#Cc1ccc(Cn2nc(-c3ccco3)oc2=O)c(F)c1.